The maximum Gasteiger partial charge on any atom is 0.251 e. The van der Waals surface area contributed by atoms with Crippen molar-refractivity contribution in [2.45, 2.75) is 26.5 Å². The van der Waals surface area contributed by atoms with Gasteiger partial charge < -0.3 is 14.5 Å². The van der Waals surface area contributed by atoms with Crippen LogP contribution in [0.5, 0.6) is 5.75 Å². The van der Waals surface area contributed by atoms with Crippen molar-refractivity contribution in [2.75, 3.05) is 0 Å². The van der Waals surface area contributed by atoms with E-state index in [1.165, 1.54) is 0 Å². The Kier molecular flexibility index (Phi) is 4.88. The molecular weight excluding hydrogens is 318 g/mol. The quantitative estimate of drug-likeness (QED) is 0.747. The molecule has 2 aromatic heterocycles. The fraction of sp³-hybridized carbons (Fsp3) is 0.263. The van der Waals surface area contributed by atoms with Gasteiger partial charge in [-0.15, -0.1) is 0 Å². The van der Waals surface area contributed by atoms with Crippen molar-refractivity contribution in [3.63, 3.8) is 0 Å². The maximum atomic E-state index is 12.3. The Balaban J connectivity index is 1.62. The highest BCUT2D eigenvalue weighted by Gasteiger charge is 2.11. The SMILES string of the molecule is CC(C)Oc1ccc(C(=O)NCc2cc(-c3ccco3)n(C)n2)cc1. The van der Waals surface area contributed by atoms with Gasteiger partial charge in [0.1, 0.15) is 11.4 Å². The van der Waals surface area contributed by atoms with Gasteiger partial charge in [-0.25, -0.2) is 0 Å². The Hall–Kier alpha value is -3.02. The average Bonchev–Trinajstić information content (AvgIpc) is 3.22. The molecule has 130 valence electrons. The van der Waals surface area contributed by atoms with E-state index in [-0.39, 0.29) is 12.0 Å². The van der Waals surface area contributed by atoms with Crippen molar-refractivity contribution in [3.05, 3.63) is 60.0 Å². The van der Waals surface area contributed by atoms with E-state index in [0.717, 1.165) is 22.9 Å². The molecular formula is C19H21N3O3. The molecule has 0 fully saturated rings. The minimum Gasteiger partial charge on any atom is -0.491 e. The van der Waals surface area contributed by atoms with Gasteiger partial charge in [0.05, 0.1) is 24.6 Å². The summed E-state index contributed by atoms with van der Waals surface area (Å²) >= 11 is 0. The molecule has 0 saturated heterocycles. The first-order valence-corrected chi connectivity index (χ1v) is 8.14. The predicted octanol–water partition coefficient (Wildman–Crippen LogP) is 3.40. The van der Waals surface area contributed by atoms with Crippen molar-refractivity contribution in [2.24, 2.45) is 7.05 Å². The van der Waals surface area contributed by atoms with Gasteiger partial charge >= 0.3 is 0 Å². The molecule has 0 unspecified atom stereocenters. The number of hydrogen-bond donors (Lipinski definition) is 1. The number of aromatic nitrogens is 2. The second-order valence-corrected chi connectivity index (χ2v) is 6.00. The zero-order valence-corrected chi connectivity index (χ0v) is 14.5. The van der Waals surface area contributed by atoms with E-state index < -0.39 is 0 Å². The molecule has 1 amide bonds. The van der Waals surface area contributed by atoms with E-state index in [1.54, 1.807) is 35.2 Å². The zero-order chi connectivity index (χ0) is 17.8. The molecule has 3 aromatic rings. The van der Waals surface area contributed by atoms with Crippen molar-refractivity contribution >= 4 is 5.91 Å². The third-order valence-electron chi connectivity index (χ3n) is 3.62. The Labute approximate surface area is 146 Å². The van der Waals surface area contributed by atoms with E-state index >= 15 is 0 Å². The molecule has 0 radical (unpaired) electrons. The Morgan fingerprint density at radius 1 is 1.28 bits per heavy atom. The van der Waals surface area contributed by atoms with E-state index in [9.17, 15) is 4.79 Å². The van der Waals surface area contributed by atoms with Gasteiger partial charge in [0, 0.05) is 12.6 Å². The van der Waals surface area contributed by atoms with Gasteiger partial charge in [-0.3, -0.25) is 9.48 Å². The Bertz CT molecular complexity index is 833. The third kappa shape index (κ3) is 4.09. The number of aryl methyl sites for hydroxylation is 1. The summed E-state index contributed by atoms with van der Waals surface area (Å²) in [5.74, 6) is 1.34. The lowest BCUT2D eigenvalue weighted by Gasteiger charge is -2.10. The summed E-state index contributed by atoms with van der Waals surface area (Å²) in [6.07, 6.45) is 1.73. The van der Waals surface area contributed by atoms with Crippen molar-refractivity contribution in [1.29, 1.82) is 0 Å². The molecule has 1 N–H and O–H groups in total. The number of ether oxygens (including phenoxy) is 1. The number of amides is 1. The summed E-state index contributed by atoms with van der Waals surface area (Å²) in [7, 11) is 1.84. The number of nitrogens with one attached hydrogen (secondary N) is 1. The van der Waals surface area contributed by atoms with Crippen molar-refractivity contribution in [1.82, 2.24) is 15.1 Å². The summed E-state index contributed by atoms with van der Waals surface area (Å²) in [6, 6.07) is 12.7. The number of hydrogen-bond acceptors (Lipinski definition) is 4. The summed E-state index contributed by atoms with van der Waals surface area (Å²) < 4.78 is 12.7. The first-order chi connectivity index (χ1) is 12.0. The lowest BCUT2D eigenvalue weighted by molar-refractivity contribution is 0.0950. The van der Waals surface area contributed by atoms with Crippen LogP contribution in [0.25, 0.3) is 11.5 Å². The van der Waals surface area contributed by atoms with E-state index in [4.69, 9.17) is 9.15 Å². The van der Waals surface area contributed by atoms with Gasteiger partial charge in [0.15, 0.2) is 5.76 Å². The molecule has 0 spiro atoms. The lowest BCUT2D eigenvalue weighted by Crippen LogP contribution is -2.23. The first kappa shape index (κ1) is 16.8. The summed E-state index contributed by atoms with van der Waals surface area (Å²) in [5.41, 5.74) is 2.21. The van der Waals surface area contributed by atoms with Gasteiger partial charge in [0.2, 0.25) is 0 Å². The predicted molar refractivity (Wildman–Crippen MR) is 94.3 cm³/mol. The fourth-order valence-corrected chi connectivity index (χ4v) is 2.50. The molecule has 1 aromatic carbocycles. The van der Waals surface area contributed by atoms with Crippen LogP contribution in [-0.2, 0) is 13.6 Å². The molecule has 0 aliphatic rings. The van der Waals surface area contributed by atoms with Crippen LogP contribution in [-0.4, -0.2) is 21.8 Å². The number of furan rings is 1. The van der Waals surface area contributed by atoms with Gasteiger partial charge in [-0.2, -0.15) is 5.10 Å². The van der Waals surface area contributed by atoms with Gasteiger partial charge in [0.25, 0.3) is 5.91 Å². The molecule has 3 rings (SSSR count). The smallest absolute Gasteiger partial charge is 0.251 e. The largest absolute Gasteiger partial charge is 0.491 e. The Morgan fingerprint density at radius 3 is 2.68 bits per heavy atom. The average molecular weight is 339 g/mol. The third-order valence-corrected chi connectivity index (χ3v) is 3.62. The number of carbonyl (C=O) groups excluding carboxylic acids is 1. The number of nitrogens with zero attached hydrogens (tertiary/aromatic N) is 2. The lowest BCUT2D eigenvalue weighted by atomic mass is 10.2. The molecule has 6 nitrogen and oxygen atoms in total. The monoisotopic (exact) mass is 339 g/mol. The zero-order valence-electron chi connectivity index (χ0n) is 14.5. The molecule has 0 aliphatic heterocycles. The summed E-state index contributed by atoms with van der Waals surface area (Å²) in [6.45, 7) is 4.27. The van der Waals surface area contributed by atoms with E-state index in [1.807, 2.05) is 39.1 Å². The standard InChI is InChI=1S/C19H21N3O3/c1-13(2)25-16-8-6-14(7-9-16)19(23)20-12-15-11-17(22(3)21-15)18-5-4-10-24-18/h4-11,13H,12H2,1-3H3,(H,20,23). The van der Waals surface area contributed by atoms with Crippen LogP contribution in [0.1, 0.15) is 29.9 Å². The highest BCUT2D eigenvalue weighted by molar-refractivity contribution is 5.94. The van der Waals surface area contributed by atoms with Crippen LogP contribution in [0.3, 0.4) is 0 Å². The maximum absolute atomic E-state index is 12.3. The Morgan fingerprint density at radius 2 is 2.04 bits per heavy atom. The van der Waals surface area contributed by atoms with Gasteiger partial charge in [-0.05, 0) is 56.3 Å². The second-order valence-electron chi connectivity index (χ2n) is 6.00. The molecule has 0 atom stereocenters. The molecule has 6 heteroatoms. The van der Waals surface area contributed by atoms with Crippen molar-refractivity contribution in [3.8, 4) is 17.2 Å². The minimum absolute atomic E-state index is 0.104. The van der Waals surface area contributed by atoms with E-state index in [0.29, 0.717) is 12.1 Å². The van der Waals surface area contributed by atoms with Crippen LogP contribution in [0, 0.1) is 0 Å². The van der Waals surface area contributed by atoms with Crippen LogP contribution in [0.15, 0.2) is 53.1 Å². The second kappa shape index (κ2) is 7.25. The topological polar surface area (TPSA) is 69.3 Å². The number of carbonyl (C=O) groups is 1. The summed E-state index contributed by atoms with van der Waals surface area (Å²) in [5, 5.41) is 7.28. The summed E-state index contributed by atoms with van der Waals surface area (Å²) in [4.78, 5) is 12.3. The fourth-order valence-electron chi connectivity index (χ4n) is 2.50. The highest BCUT2D eigenvalue weighted by Crippen LogP contribution is 2.20. The van der Waals surface area contributed by atoms with Crippen molar-refractivity contribution < 1.29 is 13.9 Å². The molecule has 2 heterocycles. The number of benzene rings is 1. The molecule has 0 saturated carbocycles. The van der Waals surface area contributed by atoms with Crippen LogP contribution >= 0.6 is 0 Å². The van der Waals surface area contributed by atoms with Crippen LogP contribution < -0.4 is 10.1 Å². The first-order valence-electron chi connectivity index (χ1n) is 8.14. The minimum atomic E-state index is -0.152. The molecule has 25 heavy (non-hydrogen) atoms. The van der Waals surface area contributed by atoms with Crippen LogP contribution in [0.2, 0.25) is 0 Å². The van der Waals surface area contributed by atoms with Crippen LogP contribution in [0.4, 0.5) is 0 Å². The van der Waals surface area contributed by atoms with Gasteiger partial charge in [-0.1, -0.05) is 0 Å². The normalized spacial score (nSPS) is 10.9. The highest BCUT2D eigenvalue weighted by atomic mass is 16.5. The molecule has 0 aliphatic carbocycles. The number of rotatable bonds is 6. The van der Waals surface area contributed by atoms with E-state index in [2.05, 4.69) is 10.4 Å². The molecule has 0 bridgehead atoms.